The zero-order valence-electron chi connectivity index (χ0n) is 7.38. The summed E-state index contributed by atoms with van der Waals surface area (Å²) in [6, 6.07) is 5.25. The Labute approximate surface area is 81.4 Å². The summed E-state index contributed by atoms with van der Waals surface area (Å²) >= 11 is 0. The Morgan fingerprint density at radius 2 is 1.93 bits per heavy atom. The molecule has 1 radical (unpaired) electrons. The van der Waals surface area contributed by atoms with E-state index >= 15 is 0 Å². The Balaban J connectivity index is 3.42. The van der Waals surface area contributed by atoms with Gasteiger partial charge in [0.1, 0.15) is 4.90 Å². The van der Waals surface area contributed by atoms with Crippen molar-refractivity contribution in [3.8, 4) is 0 Å². The first-order chi connectivity index (χ1) is 6.49. The van der Waals surface area contributed by atoms with E-state index in [1.54, 1.807) is 0 Å². The molecule has 75 valence electrons. The van der Waals surface area contributed by atoms with Crippen LogP contribution in [-0.2, 0) is 9.84 Å². The van der Waals surface area contributed by atoms with E-state index in [-0.39, 0.29) is 4.90 Å². The summed E-state index contributed by atoms with van der Waals surface area (Å²) in [5.41, 5.74) is -0.398. The maximum Gasteiger partial charge on any atom is 0.287 e. The molecule has 0 atom stereocenters. The Kier molecular flexibility index (Phi) is 2.85. The maximum atomic E-state index is 11.4. The summed E-state index contributed by atoms with van der Waals surface area (Å²) in [5, 5.41) is 10.5. The molecule has 0 unspecified atom stereocenters. The minimum Gasteiger partial charge on any atom is -0.258 e. The molecule has 0 amide bonds. The number of nitro groups is 1. The van der Waals surface area contributed by atoms with Crippen LogP contribution in [0, 0.1) is 15.9 Å². The molecule has 6 heteroatoms. The molecule has 0 aliphatic rings. The fourth-order valence-electron chi connectivity index (χ4n) is 0.976. The van der Waals surface area contributed by atoms with Gasteiger partial charge in [0.15, 0.2) is 9.84 Å². The van der Waals surface area contributed by atoms with E-state index in [0.717, 1.165) is 11.8 Å². The van der Waals surface area contributed by atoms with Crippen LogP contribution in [0.25, 0.3) is 0 Å². The molecule has 0 bridgehead atoms. The molecular weight excluding hydrogens is 206 g/mol. The predicted molar refractivity (Wildman–Crippen MR) is 50.3 cm³/mol. The van der Waals surface area contributed by atoms with Gasteiger partial charge in [-0.15, -0.1) is 0 Å². The van der Waals surface area contributed by atoms with Crippen molar-refractivity contribution in [3.05, 3.63) is 40.1 Å². The molecule has 1 rings (SSSR count). The van der Waals surface area contributed by atoms with Gasteiger partial charge in [0.25, 0.3) is 5.69 Å². The Morgan fingerprint density at radius 1 is 1.36 bits per heavy atom. The highest BCUT2D eigenvalue weighted by atomic mass is 32.2. The molecule has 0 spiro atoms. The zero-order valence-corrected chi connectivity index (χ0v) is 8.19. The second-order valence-corrected chi connectivity index (χ2v) is 4.51. The van der Waals surface area contributed by atoms with Gasteiger partial charge >= 0.3 is 0 Å². The van der Waals surface area contributed by atoms with E-state index < -0.39 is 20.4 Å². The van der Waals surface area contributed by atoms with E-state index in [0.29, 0.717) is 0 Å². The summed E-state index contributed by atoms with van der Waals surface area (Å²) in [4.78, 5) is 9.53. The molecular formula is C8H8NO4S. The van der Waals surface area contributed by atoms with Crippen molar-refractivity contribution in [2.24, 2.45) is 0 Å². The fraction of sp³-hybridized carbons (Fsp3) is 0.125. The third-order valence-electron chi connectivity index (χ3n) is 1.68. The third-order valence-corrected chi connectivity index (χ3v) is 3.26. The van der Waals surface area contributed by atoms with Gasteiger partial charge < -0.3 is 0 Å². The number of para-hydroxylation sites is 1. The normalized spacial score (nSPS) is 11.2. The second-order valence-electron chi connectivity index (χ2n) is 2.51. The maximum absolute atomic E-state index is 11.4. The molecule has 1 aromatic carbocycles. The lowest BCUT2D eigenvalue weighted by Crippen LogP contribution is -2.03. The monoisotopic (exact) mass is 214 g/mol. The van der Waals surface area contributed by atoms with Crippen LogP contribution >= 0.6 is 0 Å². The summed E-state index contributed by atoms with van der Waals surface area (Å²) in [7, 11) is -3.64. The second kappa shape index (κ2) is 3.75. The van der Waals surface area contributed by atoms with Crippen LogP contribution in [0.1, 0.15) is 6.92 Å². The van der Waals surface area contributed by atoms with E-state index in [9.17, 15) is 18.5 Å². The van der Waals surface area contributed by atoms with Gasteiger partial charge in [-0.05, 0) is 13.0 Å². The van der Waals surface area contributed by atoms with E-state index in [1.165, 1.54) is 25.1 Å². The van der Waals surface area contributed by atoms with Gasteiger partial charge in [-0.2, -0.15) is 0 Å². The van der Waals surface area contributed by atoms with E-state index in [2.05, 4.69) is 0 Å². The smallest absolute Gasteiger partial charge is 0.258 e. The molecule has 1 aromatic rings. The number of rotatable bonds is 3. The van der Waals surface area contributed by atoms with Crippen molar-refractivity contribution in [2.45, 2.75) is 11.8 Å². The molecule has 0 aromatic heterocycles. The van der Waals surface area contributed by atoms with Crippen LogP contribution < -0.4 is 0 Å². The van der Waals surface area contributed by atoms with Gasteiger partial charge in [0.2, 0.25) is 0 Å². The standard InChI is InChI=1S/C8H8NO4S/c1-2-14(12,13)8-6-4-3-5-7(8)9(10)11/h2-6H,1H3. The number of benzene rings is 1. The topological polar surface area (TPSA) is 77.3 Å². The first-order valence-electron chi connectivity index (χ1n) is 3.77. The molecule has 0 saturated carbocycles. The van der Waals surface area contributed by atoms with Crippen molar-refractivity contribution in [3.63, 3.8) is 0 Å². The zero-order chi connectivity index (χ0) is 10.8. The molecule has 0 aliphatic heterocycles. The van der Waals surface area contributed by atoms with Crippen LogP contribution in [0.15, 0.2) is 29.2 Å². The summed E-state index contributed by atoms with van der Waals surface area (Å²) in [5.74, 6) is 0.940. The molecule has 0 heterocycles. The highest BCUT2D eigenvalue weighted by molar-refractivity contribution is 7.93. The lowest BCUT2D eigenvalue weighted by Gasteiger charge is -2.00. The minimum absolute atomic E-state index is 0.271. The van der Waals surface area contributed by atoms with Crippen molar-refractivity contribution in [2.75, 3.05) is 0 Å². The highest BCUT2D eigenvalue weighted by Crippen LogP contribution is 2.24. The first-order valence-corrected chi connectivity index (χ1v) is 5.31. The Bertz CT molecular complexity index is 452. The fourth-order valence-corrected chi connectivity index (χ4v) is 1.93. The number of nitrogens with zero attached hydrogens (tertiary/aromatic N) is 1. The van der Waals surface area contributed by atoms with Gasteiger partial charge in [0.05, 0.1) is 10.7 Å². The predicted octanol–water partition coefficient (Wildman–Crippen LogP) is 1.55. The van der Waals surface area contributed by atoms with Crippen LogP contribution in [-0.4, -0.2) is 13.3 Å². The number of nitro benzene ring substituents is 1. The third kappa shape index (κ3) is 1.90. The Hall–Kier alpha value is -1.43. The lowest BCUT2D eigenvalue weighted by atomic mass is 10.3. The molecule has 14 heavy (non-hydrogen) atoms. The molecule has 5 nitrogen and oxygen atoms in total. The van der Waals surface area contributed by atoms with Crippen LogP contribution in [0.5, 0.6) is 0 Å². The summed E-state index contributed by atoms with van der Waals surface area (Å²) < 4.78 is 22.7. The summed E-state index contributed by atoms with van der Waals surface area (Å²) in [6.07, 6.45) is 0. The number of hydrogen-bond acceptors (Lipinski definition) is 4. The van der Waals surface area contributed by atoms with E-state index in [1.807, 2.05) is 0 Å². The van der Waals surface area contributed by atoms with Crippen LogP contribution in [0.4, 0.5) is 5.69 Å². The summed E-state index contributed by atoms with van der Waals surface area (Å²) in [6.45, 7) is 1.33. The molecule has 0 N–H and O–H groups in total. The van der Waals surface area contributed by atoms with Gasteiger partial charge in [0, 0.05) is 6.07 Å². The lowest BCUT2D eigenvalue weighted by molar-refractivity contribution is -0.387. The van der Waals surface area contributed by atoms with Crippen molar-refractivity contribution < 1.29 is 13.3 Å². The molecule has 0 aliphatic carbocycles. The van der Waals surface area contributed by atoms with Gasteiger partial charge in [-0.25, -0.2) is 8.42 Å². The highest BCUT2D eigenvalue weighted by Gasteiger charge is 2.23. The van der Waals surface area contributed by atoms with Gasteiger partial charge in [-0.1, -0.05) is 12.1 Å². The largest absolute Gasteiger partial charge is 0.287 e. The minimum atomic E-state index is -3.64. The SMILES string of the molecule is C[CH]S(=O)(=O)c1ccccc1[N+](=O)[O-]. The molecule has 0 saturated heterocycles. The number of hydrogen-bond donors (Lipinski definition) is 0. The quantitative estimate of drug-likeness (QED) is 0.565. The first kappa shape index (κ1) is 10.6. The average Bonchev–Trinajstić information content (AvgIpc) is 2.18. The Morgan fingerprint density at radius 3 is 2.43 bits per heavy atom. The van der Waals surface area contributed by atoms with Crippen LogP contribution in [0.2, 0.25) is 0 Å². The van der Waals surface area contributed by atoms with Gasteiger partial charge in [-0.3, -0.25) is 10.1 Å². The van der Waals surface area contributed by atoms with Crippen molar-refractivity contribution in [1.82, 2.24) is 0 Å². The van der Waals surface area contributed by atoms with Crippen LogP contribution in [0.3, 0.4) is 0 Å². The molecule has 0 fully saturated rings. The van der Waals surface area contributed by atoms with Crippen molar-refractivity contribution in [1.29, 1.82) is 0 Å². The van der Waals surface area contributed by atoms with E-state index in [4.69, 9.17) is 0 Å². The number of sulfone groups is 1. The van der Waals surface area contributed by atoms with Crippen molar-refractivity contribution >= 4 is 15.5 Å². The average molecular weight is 214 g/mol.